The zero-order valence-electron chi connectivity index (χ0n) is 20.4. The predicted molar refractivity (Wildman–Crippen MR) is 136 cm³/mol. The van der Waals surface area contributed by atoms with E-state index in [9.17, 15) is 4.79 Å². The molecule has 0 saturated heterocycles. The molecule has 0 atom stereocenters. The van der Waals surface area contributed by atoms with E-state index in [-0.39, 0.29) is 10.8 Å². The highest BCUT2D eigenvalue weighted by Gasteiger charge is 2.27. The molecule has 0 aliphatic heterocycles. The van der Waals surface area contributed by atoms with Crippen LogP contribution in [0.25, 0.3) is 17.0 Å². The van der Waals surface area contributed by atoms with E-state index in [4.69, 9.17) is 16.3 Å². The SMILES string of the molecule is Cc1[nH]n2nc(-c3cccc(NC(=O)Oc4ccc(C(C)(C)CC(C)(C)C)cc4)c3)nc2c1Cl. The molecule has 4 aromatic rings. The highest BCUT2D eigenvalue weighted by Crippen LogP contribution is 2.36. The third-order valence-corrected chi connectivity index (χ3v) is 6.04. The summed E-state index contributed by atoms with van der Waals surface area (Å²) < 4.78 is 7.02. The van der Waals surface area contributed by atoms with Gasteiger partial charge in [0.05, 0.1) is 5.69 Å². The Balaban J connectivity index is 1.43. The maximum atomic E-state index is 12.5. The zero-order valence-corrected chi connectivity index (χ0v) is 21.1. The summed E-state index contributed by atoms with van der Waals surface area (Å²) in [5.74, 6) is 0.984. The Kier molecular flexibility index (Phi) is 6.16. The summed E-state index contributed by atoms with van der Waals surface area (Å²) >= 11 is 6.25. The summed E-state index contributed by atoms with van der Waals surface area (Å²) in [7, 11) is 0. The molecule has 0 radical (unpaired) electrons. The second kappa shape index (κ2) is 8.80. The maximum Gasteiger partial charge on any atom is 0.417 e. The molecule has 0 saturated carbocycles. The fourth-order valence-corrected chi connectivity index (χ4v) is 4.58. The first-order valence-corrected chi connectivity index (χ1v) is 11.6. The van der Waals surface area contributed by atoms with Crippen LogP contribution in [0.1, 0.15) is 52.3 Å². The number of amides is 1. The van der Waals surface area contributed by atoms with Gasteiger partial charge in [-0.25, -0.2) is 9.78 Å². The van der Waals surface area contributed by atoms with Crippen LogP contribution in [0.5, 0.6) is 5.75 Å². The average molecular weight is 480 g/mol. The summed E-state index contributed by atoms with van der Waals surface area (Å²) in [6, 6.07) is 15.0. The van der Waals surface area contributed by atoms with Crippen LogP contribution in [0.2, 0.25) is 5.02 Å². The summed E-state index contributed by atoms with van der Waals surface area (Å²) in [6.07, 6.45) is 0.478. The van der Waals surface area contributed by atoms with Gasteiger partial charge in [-0.3, -0.25) is 10.4 Å². The number of hydrogen-bond acceptors (Lipinski definition) is 4. The summed E-state index contributed by atoms with van der Waals surface area (Å²) in [6.45, 7) is 13.0. The van der Waals surface area contributed by atoms with Crippen molar-refractivity contribution in [2.75, 3.05) is 5.32 Å². The first-order chi connectivity index (χ1) is 15.9. The van der Waals surface area contributed by atoms with Gasteiger partial charge in [0.2, 0.25) is 0 Å². The number of nitrogens with zero attached hydrogens (tertiary/aromatic N) is 3. The molecule has 0 unspecified atom stereocenters. The van der Waals surface area contributed by atoms with Crippen LogP contribution >= 0.6 is 11.6 Å². The molecule has 1 amide bonds. The highest BCUT2D eigenvalue weighted by atomic mass is 35.5. The van der Waals surface area contributed by atoms with Crippen LogP contribution in [0.15, 0.2) is 48.5 Å². The third kappa shape index (κ3) is 5.25. The number of H-pyrrole nitrogens is 1. The molecule has 178 valence electrons. The van der Waals surface area contributed by atoms with Crippen molar-refractivity contribution in [1.29, 1.82) is 0 Å². The van der Waals surface area contributed by atoms with E-state index in [0.29, 0.717) is 27.9 Å². The first kappa shape index (κ1) is 23.8. The van der Waals surface area contributed by atoms with E-state index in [1.807, 2.05) is 43.3 Å². The van der Waals surface area contributed by atoms with Gasteiger partial charge in [0.15, 0.2) is 11.5 Å². The lowest BCUT2D eigenvalue weighted by Gasteiger charge is -2.33. The van der Waals surface area contributed by atoms with Crippen molar-refractivity contribution in [3.63, 3.8) is 0 Å². The van der Waals surface area contributed by atoms with Crippen molar-refractivity contribution in [3.8, 4) is 17.1 Å². The number of carbonyl (C=O) groups is 1. The molecule has 0 fully saturated rings. The number of hydrogen-bond donors (Lipinski definition) is 2. The molecule has 2 aromatic carbocycles. The van der Waals surface area contributed by atoms with Crippen LogP contribution in [0, 0.1) is 12.3 Å². The van der Waals surface area contributed by atoms with Gasteiger partial charge in [0, 0.05) is 11.3 Å². The van der Waals surface area contributed by atoms with E-state index in [2.05, 4.69) is 55.1 Å². The summed E-state index contributed by atoms with van der Waals surface area (Å²) in [5, 5.41) is 10.8. The second-order valence-electron chi connectivity index (χ2n) is 10.5. The van der Waals surface area contributed by atoms with Crippen molar-refractivity contribution in [2.45, 2.75) is 53.4 Å². The Hall–Kier alpha value is -3.32. The van der Waals surface area contributed by atoms with Crippen molar-refractivity contribution >= 4 is 29.0 Å². The molecule has 8 heteroatoms. The van der Waals surface area contributed by atoms with Crippen molar-refractivity contribution in [3.05, 3.63) is 64.8 Å². The maximum absolute atomic E-state index is 12.5. The summed E-state index contributed by atoms with van der Waals surface area (Å²) in [5.41, 5.74) is 4.13. The van der Waals surface area contributed by atoms with Crippen molar-refractivity contribution in [1.82, 2.24) is 19.8 Å². The molecular weight excluding hydrogens is 450 g/mol. The van der Waals surface area contributed by atoms with Gasteiger partial charge in [-0.2, -0.15) is 4.63 Å². The Bertz CT molecular complexity index is 1330. The molecule has 7 nitrogen and oxygen atoms in total. The fraction of sp³-hybridized carbons (Fsp3) is 0.346. The molecule has 0 bridgehead atoms. The lowest BCUT2D eigenvalue weighted by Crippen LogP contribution is -2.24. The molecular formula is C26H30ClN5O2. The predicted octanol–water partition coefficient (Wildman–Crippen LogP) is 7.01. The molecule has 2 aromatic heterocycles. The minimum Gasteiger partial charge on any atom is -0.410 e. The van der Waals surface area contributed by atoms with Crippen molar-refractivity contribution < 1.29 is 9.53 Å². The quantitative estimate of drug-likeness (QED) is 0.322. The summed E-state index contributed by atoms with van der Waals surface area (Å²) in [4.78, 5) is 17.0. The van der Waals surface area contributed by atoms with Crippen LogP contribution in [-0.2, 0) is 5.41 Å². The molecule has 0 aliphatic carbocycles. The monoisotopic (exact) mass is 479 g/mol. The number of rotatable bonds is 5. The molecule has 0 aliphatic rings. The number of carbonyl (C=O) groups excluding carboxylic acids is 1. The first-order valence-electron chi connectivity index (χ1n) is 11.2. The number of benzene rings is 2. The fourth-order valence-electron chi connectivity index (χ4n) is 4.42. The largest absolute Gasteiger partial charge is 0.417 e. The van der Waals surface area contributed by atoms with E-state index in [1.165, 1.54) is 10.2 Å². The van der Waals surface area contributed by atoms with E-state index >= 15 is 0 Å². The van der Waals surface area contributed by atoms with Crippen LogP contribution in [-0.4, -0.2) is 25.9 Å². The topological polar surface area (TPSA) is 84.3 Å². The van der Waals surface area contributed by atoms with E-state index in [0.717, 1.165) is 17.7 Å². The number of anilines is 1. The molecule has 34 heavy (non-hydrogen) atoms. The van der Waals surface area contributed by atoms with E-state index in [1.54, 1.807) is 12.1 Å². The van der Waals surface area contributed by atoms with Gasteiger partial charge in [-0.05, 0) is 54.0 Å². The molecule has 4 rings (SSSR count). The van der Waals surface area contributed by atoms with Crippen LogP contribution in [0.3, 0.4) is 0 Å². The third-order valence-electron chi connectivity index (χ3n) is 5.59. The van der Waals surface area contributed by atoms with Gasteiger partial charge in [0.1, 0.15) is 10.8 Å². The standard InChI is InChI=1S/C26H30ClN5O2/c1-16-21(27)23-29-22(31-32(23)30-16)17-8-7-9-19(14-17)28-24(33)34-20-12-10-18(11-13-20)26(5,6)15-25(2,3)4/h7-14,30H,15H2,1-6H3,(H,28,33). The molecule has 0 spiro atoms. The normalized spacial score (nSPS) is 12.2. The Morgan fingerprint density at radius 3 is 2.47 bits per heavy atom. The number of aromatic amines is 1. The highest BCUT2D eigenvalue weighted by molar-refractivity contribution is 6.34. The lowest BCUT2D eigenvalue weighted by atomic mass is 9.72. The average Bonchev–Trinajstić information content (AvgIpc) is 3.26. The Morgan fingerprint density at radius 2 is 1.82 bits per heavy atom. The van der Waals surface area contributed by atoms with Crippen molar-refractivity contribution in [2.24, 2.45) is 5.41 Å². The zero-order chi connectivity index (χ0) is 24.7. The van der Waals surface area contributed by atoms with Gasteiger partial charge in [-0.15, -0.1) is 5.10 Å². The van der Waals surface area contributed by atoms with Crippen LogP contribution < -0.4 is 10.1 Å². The minimum atomic E-state index is -0.567. The Labute approximate surface area is 204 Å². The lowest BCUT2D eigenvalue weighted by molar-refractivity contribution is 0.215. The number of ether oxygens (including phenoxy) is 1. The number of aryl methyl sites for hydroxylation is 1. The second-order valence-corrected chi connectivity index (χ2v) is 10.8. The smallest absolute Gasteiger partial charge is 0.410 e. The van der Waals surface area contributed by atoms with Gasteiger partial charge in [-0.1, -0.05) is 70.5 Å². The number of halogens is 1. The van der Waals surface area contributed by atoms with Gasteiger partial charge < -0.3 is 4.74 Å². The van der Waals surface area contributed by atoms with E-state index < -0.39 is 6.09 Å². The number of fused-ring (bicyclic) bond motifs is 1. The number of nitrogens with one attached hydrogen (secondary N) is 2. The van der Waals surface area contributed by atoms with Gasteiger partial charge >= 0.3 is 6.09 Å². The molecule has 2 N–H and O–H groups in total. The van der Waals surface area contributed by atoms with Gasteiger partial charge in [0.25, 0.3) is 0 Å². The minimum absolute atomic E-state index is 0.0229. The number of aromatic nitrogens is 4. The molecule has 2 heterocycles. The Morgan fingerprint density at radius 1 is 1.12 bits per heavy atom. The van der Waals surface area contributed by atoms with Crippen LogP contribution in [0.4, 0.5) is 10.5 Å².